The van der Waals surface area contributed by atoms with E-state index < -0.39 is 17.3 Å². The third-order valence-corrected chi connectivity index (χ3v) is 5.79. The standard InChI is InChI=1S/C23H22N4O4/c1-2-31-14-9-7-13(8-10-14)27-22(29)18(21(28)26-23(27)30)20-19-16(11-12-24-20)15-5-3-4-6-17(15)25-19/h3-10,20,24-25,29H,2,11-12H2,1H3,(H,26,28,30)/p+1/t20-/m0/s1. The molecule has 2 aromatic carbocycles. The van der Waals surface area contributed by atoms with Gasteiger partial charge in [0.15, 0.2) is 6.04 Å². The Kier molecular flexibility index (Phi) is 4.63. The number of aromatic amines is 2. The summed E-state index contributed by atoms with van der Waals surface area (Å²) < 4.78 is 6.57. The number of nitrogens with zero attached hydrogens (tertiary/aromatic N) is 1. The molecule has 158 valence electrons. The van der Waals surface area contributed by atoms with E-state index >= 15 is 0 Å². The van der Waals surface area contributed by atoms with Gasteiger partial charge in [-0.2, -0.15) is 0 Å². The van der Waals surface area contributed by atoms with Crippen molar-refractivity contribution in [2.45, 2.75) is 19.4 Å². The molecular formula is C23H23N4O4+. The van der Waals surface area contributed by atoms with Gasteiger partial charge in [0.05, 0.1) is 24.5 Å². The number of hydrogen-bond donors (Lipinski definition) is 4. The van der Waals surface area contributed by atoms with Gasteiger partial charge < -0.3 is 20.1 Å². The molecule has 0 unspecified atom stereocenters. The van der Waals surface area contributed by atoms with Crippen LogP contribution >= 0.6 is 0 Å². The molecule has 5 rings (SSSR count). The highest BCUT2D eigenvalue weighted by atomic mass is 16.5. The zero-order chi connectivity index (χ0) is 21.5. The summed E-state index contributed by atoms with van der Waals surface area (Å²) in [7, 11) is 0. The number of rotatable bonds is 4. The van der Waals surface area contributed by atoms with Gasteiger partial charge in [-0.25, -0.2) is 9.36 Å². The van der Waals surface area contributed by atoms with Crippen molar-refractivity contribution in [3.05, 3.63) is 86.2 Å². The second kappa shape index (κ2) is 7.48. The minimum absolute atomic E-state index is 0.154. The highest BCUT2D eigenvalue weighted by Gasteiger charge is 2.34. The average Bonchev–Trinajstić information content (AvgIpc) is 3.14. The molecule has 0 aliphatic carbocycles. The van der Waals surface area contributed by atoms with E-state index in [4.69, 9.17) is 4.74 Å². The van der Waals surface area contributed by atoms with E-state index in [1.807, 2.05) is 30.4 Å². The van der Waals surface area contributed by atoms with E-state index in [0.717, 1.165) is 39.7 Å². The molecule has 4 aromatic rings. The lowest BCUT2D eigenvalue weighted by Crippen LogP contribution is -2.87. The van der Waals surface area contributed by atoms with Crippen LogP contribution in [0, 0.1) is 0 Å². The number of hydrogen-bond acceptors (Lipinski definition) is 4. The van der Waals surface area contributed by atoms with Gasteiger partial charge in [0.25, 0.3) is 5.56 Å². The van der Waals surface area contributed by atoms with Crippen LogP contribution in [0.4, 0.5) is 0 Å². The van der Waals surface area contributed by atoms with Crippen LogP contribution in [0.25, 0.3) is 16.6 Å². The molecule has 0 saturated heterocycles. The third-order valence-electron chi connectivity index (χ3n) is 5.79. The Morgan fingerprint density at radius 2 is 1.90 bits per heavy atom. The number of H-pyrrole nitrogens is 2. The first kappa shape index (κ1) is 19.2. The lowest BCUT2D eigenvalue weighted by atomic mass is 9.95. The quantitative estimate of drug-likeness (QED) is 0.399. The second-order valence-electron chi connectivity index (χ2n) is 7.57. The maximum absolute atomic E-state index is 12.8. The van der Waals surface area contributed by atoms with E-state index in [1.54, 1.807) is 24.3 Å². The molecule has 3 heterocycles. The summed E-state index contributed by atoms with van der Waals surface area (Å²) in [5.41, 5.74) is 2.33. The van der Waals surface area contributed by atoms with Gasteiger partial charge >= 0.3 is 5.69 Å². The molecular weight excluding hydrogens is 396 g/mol. The summed E-state index contributed by atoms with van der Waals surface area (Å²) in [5.74, 6) is 0.303. The fourth-order valence-electron chi connectivity index (χ4n) is 4.45. The van der Waals surface area contributed by atoms with E-state index in [1.165, 1.54) is 0 Å². The molecule has 1 aliphatic rings. The zero-order valence-corrected chi connectivity index (χ0v) is 17.0. The van der Waals surface area contributed by atoms with Crippen LogP contribution in [0.3, 0.4) is 0 Å². The number of nitrogens with two attached hydrogens (primary N) is 1. The monoisotopic (exact) mass is 419 g/mol. The van der Waals surface area contributed by atoms with Crippen molar-refractivity contribution in [1.82, 2.24) is 14.5 Å². The lowest BCUT2D eigenvalue weighted by molar-refractivity contribution is -0.690. The average molecular weight is 419 g/mol. The summed E-state index contributed by atoms with van der Waals surface area (Å²) >= 11 is 0. The van der Waals surface area contributed by atoms with Crippen molar-refractivity contribution in [1.29, 1.82) is 0 Å². The van der Waals surface area contributed by atoms with Crippen LogP contribution in [0.1, 0.15) is 29.8 Å². The Bertz CT molecular complexity index is 1380. The number of para-hydroxylation sites is 1. The Balaban J connectivity index is 1.67. The molecule has 31 heavy (non-hydrogen) atoms. The number of quaternary nitrogens is 1. The van der Waals surface area contributed by atoms with Gasteiger partial charge in [-0.1, -0.05) is 18.2 Å². The Labute approximate surface area is 177 Å². The molecule has 0 saturated carbocycles. The summed E-state index contributed by atoms with van der Waals surface area (Å²) in [6.45, 7) is 3.18. The van der Waals surface area contributed by atoms with Crippen LogP contribution < -0.4 is 21.3 Å². The molecule has 0 spiro atoms. The Hall–Kier alpha value is -3.78. The van der Waals surface area contributed by atoms with E-state index in [2.05, 4.69) is 16.0 Å². The van der Waals surface area contributed by atoms with Crippen molar-refractivity contribution in [2.24, 2.45) is 0 Å². The van der Waals surface area contributed by atoms with E-state index in [9.17, 15) is 14.7 Å². The van der Waals surface area contributed by atoms with Crippen LogP contribution in [-0.2, 0) is 6.42 Å². The van der Waals surface area contributed by atoms with Gasteiger partial charge in [0.1, 0.15) is 11.3 Å². The summed E-state index contributed by atoms with van der Waals surface area (Å²) in [6.07, 6.45) is 0.854. The highest BCUT2D eigenvalue weighted by molar-refractivity contribution is 5.85. The molecule has 0 amide bonds. The number of aromatic nitrogens is 3. The van der Waals surface area contributed by atoms with E-state index in [-0.39, 0.29) is 11.4 Å². The predicted molar refractivity (Wildman–Crippen MR) is 116 cm³/mol. The fraction of sp³-hybridized carbons (Fsp3) is 0.217. The Morgan fingerprint density at radius 3 is 2.68 bits per heavy atom. The van der Waals surface area contributed by atoms with Crippen molar-refractivity contribution in [3.63, 3.8) is 0 Å². The third kappa shape index (κ3) is 3.12. The number of ether oxygens (including phenoxy) is 1. The molecule has 0 bridgehead atoms. The maximum atomic E-state index is 12.8. The number of aromatic hydroxyl groups is 1. The summed E-state index contributed by atoms with van der Waals surface area (Å²) in [5, 5.41) is 14.2. The van der Waals surface area contributed by atoms with Gasteiger partial charge in [0.2, 0.25) is 5.88 Å². The van der Waals surface area contributed by atoms with Gasteiger partial charge in [0, 0.05) is 17.3 Å². The molecule has 8 heteroatoms. The highest BCUT2D eigenvalue weighted by Crippen LogP contribution is 2.32. The molecule has 0 fully saturated rings. The van der Waals surface area contributed by atoms with Crippen LogP contribution in [0.5, 0.6) is 11.6 Å². The molecule has 1 atom stereocenters. The first-order valence-electron chi connectivity index (χ1n) is 10.3. The largest absolute Gasteiger partial charge is 0.494 e. The van der Waals surface area contributed by atoms with Crippen molar-refractivity contribution in [3.8, 4) is 17.3 Å². The van der Waals surface area contributed by atoms with Crippen LogP contribution in [0.15, 0.2) is 58.1 Å². The second-order valence-corrected chi connectivity index (χ2v) is 7.57. The van der Waals surface area contributed by atoms with Crippen LogP contribution in [-0.4, -0.2) is 32.8 Å². The summed E-state index contributed by atoms with van der Waals surface area (Å²) in [6, 6.07) is 14.3. The molecule has 5 N–H and O–H groups in total. The summed E-state index contributed by atoms with van der Waals surface area (Å²) in [4.78, 5) is 31.2. The first-order valence-corrected chi connectivity index (χ1v) is 10.3. The predicted octanol–water partition coefficient (Wildman–Crippen LogP) is 1.32. The first-order chi connectivity index (χ1) is 15.1. The number of nitrogens with one attached hydrogen (secondary N) is 2. The molecule has 1 aliphatic heterocycles. The molecule has 8 nitrogen and oxygen atoms in total. The van der Waals surface area contributed by atoms with Crippen molar-refractivity contribution >= 4 is 10.9 Å². The Morgan fingerprint density at radius 1 is 1.13 bits per heavy atom. The SMILES string of the molecule is CCOc1ccc(-n2c(O)c([C@@H]3[NH2+]CCc4c3[nH]c3ccccc43)c(=O)[nH]c2=O)cc1. The normalized spacial score (nSPS) is 15.7. The molecule has 2 aromatic heterocycles. The van der Waals surface area contributed by atoms with Crippen molar-refractivity contribution < 1.29 is 15.2 Å². The topological polar surface area (TPSA) is 117 Å². The van der Waals surface area contributed by atoms with Crippen LogP contribution in [0.2, 0.25) is 0 Å². The smallest absolute Gasteiger partial charge is 0.335 e. The maximum Gasteiger partial charge on any atom is 0.335 e. The molecule has 0 radical (unpaired) electrons. The number of fused-ring (bicyclic) bond motifs is 3. The van der Waals surface area contributed by atoms with Crippen molar-refractivity contribution in [2.75, 3.05) is 13.2 Å². The fourth-order valence-corrected chi connectivity index (χ4v) is 4.45. The zero-order valence-electron chi connectivity index (χ0n) is 17.0. The van der Waals surface area contributed by atoms with Gasteiger partial charge in [-0.05, 0) is 42.8 Å². The van der Waals surface area contributed by atoms with E-state index in [0.29, 0.717) is 18.0 Å². The lowest BCUT2D eigenvalue weighted by Gasteiger charge is -2.22. The minimum Gasteiger partial charge on any atom is -0.494 e. The van der Waals surface area contributed by atoms with Gasteiger partial charge in [-0.3, -0.25) is 9.78 Å². The number of benzene rings is 2. The van der Waals surface area contributed by atoms with Gasteiger partial charge in [-0.15, -0.1) is 0 Å². The minimum atomic E-state index is -0.692.